The minimum atomic E-state index is -0.525. The lowest BCUT2D eigenvalue weighted by atomic mass is 10.2. The lowest BCUT2D eigenvalue weighted by molar-refractivity contribution is 0.609. The highest BCUT2D eigenvalue weighted by Crippen LogP contribution is 2.17. The molecule has 0 nitrogen and oxygen atoms in total. The van der Waals surface area contributed by atoms with Gasteiger partial charge in [-0.05, 0) is 26.8 Å². The Kier molecular flexibility index (Phi) is 4.42. The van der Waals surface area contributed by atoms with Crippen molar-refractivity contribution in [3.8, 4) is 0 Å². The van der Waals surface area contributed by atoms with E-state index in [1.165, 1.54) is 32.1 Å². The van der Waals surface area contributed by atoms with Crippen molar-refractivity contribution in [2.75, 3.05) is 0 Å². The maximum atomic E-state index is 12.7. The minimum Gasteiger partial charge on any atom is -0.207 e. The molecule has 0 spiro atoms. The second-order valence-corrected chi connectivity index (χ2v) is 2.11. The van der Waals surface area contributed by atoms with Crippen LogP contribution in [0.5, 0.6) is 0 Å². The molecule has 0 heterocycles. The summed E-state index contributed by atoms with van der Waals surface area (Å²) in [6, 6.07) is 0. The normalized spacial score (nSPS) is 15.5. The van der Waals surface area contributed by atoms with Gasteiger partial charge in [-0.15, -0.1) is 0 Å². The molecule has 2 heteroatoms. The van der Waals surface area contributed by atoms with Crippen molar-refractivity contribution in [1.29, 1.82) is 0 Å². The molecule has 0 unspecified atom stereocenters. The summed E-state index contributed by atoms with van der Waals surface area (Å²) in [5.41, 5.74) is 0.0469. The highest BCUT2D eigenvalue weighted by atomic mass is 19.1. The van der Waals surface area contributed by atoms with Gasteiger partial charge in [-0.25, -0.2) is 8.78 Å². The van der Waals surface area contributed by atoms with Gasteiger partial charge in [-0.2, -0.15) is 0 Å². The number of rotatable bonds is 2. The maximum absolute atomic E-state index is 12.7. The fraction of sp³-hybridized carbons (Fsp3) is 0.333. The van der Waals surface area contributed by atoms with Gasteiger partial charge in [0.2, 0.25) is 0 Å². The fourth-order valence-electron chi connectivity index (χ4n) is 0.602. The van der Waals surface area contributed by atoms with Gasteiger partial charge < -0.3 is 0 Å². The van der Waals surface area contributed by atoms with Crippen LogP contribution in [0.15, 0.2) is 35.5 Å². The van der Waals surface area contributed by atoms with Gasteiger partial charge in [-0.1, -0.05) is 12.2 Å². The van der Waals surface area contributed by atoms with Crippen LogP contribution in [0.4, 0.5) is 8.78 Å². The molecule has 0 saturated carbocycles. The van der Waals surface area contributed by atoms with Crippen molar-refractivity contribution in [1.82, 2.24) is 0 Å². The Morgan fingerprint density at radius 2 is 1.73 bits per heavy atom. The second kappa shape index (κ2) is 4.83. The Morgan fingerprint density at radius 1 is 1.18 bits per heavy atom. The highest BCUT2D eigenvalue weighted by molar-refractivity contribution is 5.30. The molecular weight excluding hydrogens is 146 g/mol. The van der Waals surface area contributed by atoms with Crippen LogP contribution in [-0.2, 0) is 0 Å². The monoisotopic (exact) mass is 158 g/mol. The lowest BCUT2D eigenvalue weighted by Crippen LogP contribution is -1.80. The molecule has 0 aliphatic heterocycles. The summed E-state index contributed by atoms with van der Waals surface area (Å²) in [6.45, 7) is 4.62. The molecular formula is C9H12F2. The summed E-state index contributed by atoms with van der Waals surface area (Å²) in [4.78, 5) is 0. The van der Waals surface area contributed by atoms with E-state index in [0.717, 1.165) is 0 Å². The van der Waals surface area contributed by atoms with Crippen molar-refractivity contribution in [2.45, 2.75) is 20.8 Å². The van der Waals surface area contributed by atoms with Crippen molar-refractivity contribution >= 4 is 0 Å². The summed E-state index contributed by atoms with van der Waals surface area (Å²) < 4.78 is 25.4. The predicted octanol–water partition coefficient (Wildman–Crippen LogP) is 3.68. The Labute approximate surface area is 65.9 Å². The molecule has 0 aromatic heterocycles. The average Bonchev–Trinajstić information content (AvgIpc) is 2.02. The van der Waals surface area contributed by atoms with E-state index < -0.39 is 11.7 Å². The SMILES string of the molecule is C/C=C/C(F)=C(C)\C(F)=C/C. The quantitative estimate of drug-likeness (QED) is 0.538. The molecule has 0 aromatic carbocycles. The third-order valence-corrected chi connectivity index (χ3v) is 1.28. The minimum absolute atomic E-state index is 0.0469. The van der Waals surface area contributed by atoms with E-state index in [9.17, 15) is 8.78 Å². The standard InChI is InChI=1S/C9H12F2/c1-4-6-9(11)7(3)8(10)5-2/h4-6H,1-3H3/b6-4+,8-5+,9-7+. The van der Waals surface area contributed by atoms with Gasteiger partial charge in [0.05, 0.1) is 0 Å². The first-order valence-corrected chi connectivity index (χ1v) is 3.44. The molecule has 0 saturated heterocycles. The smallest absolute Gasteiger partial charge is 0.128 e. The summed E-state index contributed by atoms with van der Waals surface area (Å²) in [5, 5.41) is 0. The van der Waals surface area contributed by atoms with Crippen molar-refractivity contribution in [2.24, 2.45) is 0 Å². The first kappa shape index (κ1) is 10.1. The van der Waals surface area contributed by atoms with Crippen LogP contribution < -0.4 is 0 Å². The van der Waals surface area contributed by atoms with E-state index in [4.69, 9.17) is 0 Å². The van der Waals surface area contributed by atoms with Crippen LogP contribution in [0.3, 0.4) is 0 Å². The van der Waals surface area contributed by atoms with Gasteiger partial charge in [0.25, 0.3) is 0 Å². The fourth-order valence-corrected chi connectivity index (χ4v) is 0.602. The van der Waals surface area contributed by atoms with Crippen LogP contribution >= 0.6 is 0 Å². The molecule has 0 N–H and O–H groups in total. The Morgan fingerprint density at radius 3 is 2.09 bits per heavy atom. The molecule has 0 rings (SSSR count). The van der Waals surface area contributed by atoms with Crippen molar-refractivity contribution in [3.05, 3.63) is 35.5 Å². The Bertz CT molecular complexity index is 210. The van der Waals surface area contributed by atoms with Gasteiger partial charge in [0.15, 0.2) is 0 Å². The zero-order valence-corrected chi connectivity index (χ0v) is 6.99. The summed E-state index contributed by atoms with van der Waals surface area (Å²) in [7, 11) is 0. The van der Waals surface area contributed by atoms with E-state index in [-0.39, 0.29) is 5.57 Å². The number of allylic oxidation sites excluding steroid dienone is 6. The molecule has 0 atom stereocenters. The first-order valence-electron chi connectivity index (χ1n) is 3.44. The van der Waals surface area contributed by atoms with E-state index in [0.29, 0.717) is 0 Å². The van der Waals surface area contributed by atoms with Gasteiger partial charge in [0, 0.05) is 5.57 Å². The number of hydrogen-bond donors (Lipinski definition) is 0. The number of hydrogen-bond acceptors (Lipinski definition) is 0. The topological polar surface area (TPSA) is 0 Å². The Balaban J connectivity index is 4.66. The molecule has 0 bridgehead atoms. The van der Waals surface area contributed by atoms with Gasteiger partial charge in [-0.3, -0.25) is 0 Å². The van der Waals surface area contributed by atoms with Crippen molar-refractivity contribution in [3.63, 3.8) is 0 Å². The zero-order valence-electron chi connectivity index (χ0n) is 6.99. The van der Waals surface area contributed by atoms with Gasteiger partial charge in [0.1, 0.15) is 11.7 Å². The summed E-state index contributed by atoms with van der Waals surface area (Å²) >= 11 is 0. The highest BCUT2D eigenvalue weighted by Gasteiger charge is 2.01. The molecule has 0 radical (unpaired) electrons. The van der Waals surface area contributed by atoms with Gasteiger partial charge >= 0.3 is 0 Å². The predicted molar refractivity (Wildman–Crippen MR) is 43.5 cm³/mol. The Hall–Kier alpha value is -0.920. The van der Waals surface area contributed by atoms with E-state index >= 15 is 0 Å². The van der Waals surface area contributed by atoms with Crippen LogP contribution in [-0.4, -0.2) is 0 Å². The molecule has 0 aliphatic carbocycles. The molecule has 11 heavy (non-hydrogen) atoms. The summed E-state index contributed by atoms with van der Waals surface area (Å²) in [6.07, 6.45) is 4.00. The van der Waals surface area contributed by atoms with Crippen LogP contribution in [0.25, 0.3) is 0 Å². The molecule has 0 aromatic rings. The van der Waals surface area contributed by atoms with E-state index in [2.05, 4.69) is 0 Å². The zero-order chi connectivity index (χ0) is 8.85. The van der Waals surface area contributed by atoms with Crippen LogP contribution in [0, 0.1) is 0 Å². The third kappa shape index (κ3) is 3.12. The number of halogens is 2. The van der Waals surface area contributed by atoms with Crippen LogP contribution in [0.1, 0.15) is 20.8 Å². The average molecular weight is 158 g/mol. The molecule has 0 fully saturated rings. The third-order valence-electron chi connectivity index (χ3n) is 1.28. The molecule has 0 aliphatic rings. The van der Waals surface area contributed by atoms with E-state index in [1.54, 1.807) is 6.92 Å². The van der Waals surface area contributed by atoms with E-state index in [1.807, 2.05) is 0 Å². The second-order valence-electron chi connectivity index (χ2n) is 2.11. The van der Waals surface area contributed by atoms with Crippen LogP contribution in [0.2, 0.25) is 0 Å². The maximum Gasteiger partial charge on any atom is 0.128 e. The molecule has 62 valence electrons. The lowest BCUT2D eigenvalue weighted by Gasteiger charge is -1.95. The molecule has 0 amide bonds. The van der Waals surface area contributed by atoms with Crippen molar-refractivity contribution < 1.29 is 8.78 Å². The largest absolute Gasteiger partial charge is 0.207 e. The summed E-state index contributed by atoms with van der Waals surface area (Å²) in [5.74, 6) is -1.04. The first-order chi connectivity index (χ1) is 5.13.